The van der Waals surface area contributed by atoms with Crippen molar-refractivity contribution in [2.45, 2.75) is 13.0 Å². The summed E-state index contributed by atoms with van der Waals surface area (Å²) in [6.45, 7) is 3.43. The molecule has 1 saturated heterocycles. The lowest BCUT2D eigenvalue weighted by atomic mass is 10.0. The molecule has 0 bridgehead atoms. The maximum Gasteiger partial charge on any atom is 0.255 e. The van der Waals surface area contributed by atoms with Gasteiger partial charge in [-0.15, -0.1) is 12.4 Å². The quantitative estimate of drug-likeness (QED) is 0.768. The summed E-state index contributed by atoms with van der Waals surface area (Å²) in [6.07, 6.45) is 0. The molecule has 5 nitrogen and oxygen atoms in total. The van der Waals surface area contributed by atoms with Crippen molar-refractivity contribution in [3.8, 4) is 0 Å². The molecule has 1 atom stereocenters. The summed E-state index contributed by atoms with van der Waals surface area (Å²) in [5, 5.41) is 9.00. The highest BCUT2D eigenvalue weighted by molar-refractivity contribution is 6.04. The Labute approximate surface area is 153 Å². The van der Waals surface area contributed by atoms with Gasteiger partial charge in [0.05, 0.1) is 12.0 Å². The molecular weight excluding hydrogens is 338 g/mol. The van der Waals surface area contributed by atoms with Crippen LogP contribution in [0, 0.1) is 5.92 Å². The van der Waals surface area contributed by atoms with E-state index in [1.165, 1.54) is 0 Å². The summed E-state index contributed by atoms with van der Waals surface area (Å²) in [5.41, 5.74) is 2.29. The minimum Gasteiger partial charge on any atom is -0.349 e. The van der Waals surface area contributed by atoms with Gasteiger partial charge in [0.25, 0.3) is 5.91 Å². The van der Waals surface area contributed by atoms with Gasteiger partial charge in [-0.2, -0.15) is 0 Å². The van der Waals surface area contributed by atoms with E-state index in [4.69, 9.17) is 0 Å². The van der Waals surface area contributed by atoms with Gasteiger partial charge in [-0.25, -0.2) is 0 Å². The van der Waals surface area contributed by atoms with Gasteiger partial charge in [0.2, 0.25) is 5.91 Å². The molecule has 1 heterocycles. The van der Waals surface area contributed by atoms with Crippen molar-refractivity contribution >= 4 is 29.9 Å². The third-order valence-corrected chi connectivity index (χ3v) is 4.19. The number of benzene rings is 2. The van der Waals surface area contributed by atoms with E-state index in [0.29, 0.717) is 11.3 Å². The molecule has 1 aliphatic rings. The number of anilines is 1. The predicted molar refractivity (Wildman–Crippen MR) is 101 cm³/mol. The smallest absolute Gasteiger partial charge is 0.255 e. The Morgan fingerprint density at radius 2 is 1.80 bits per heavy atom. The lowest BCUT2D eigenvalue weighted by Gasteiger charge is -2.27. The summed E-state index contributed by atoms with van der Waals surface area (Å²) in [4.78, 5) is 24.3. The van der Waals surface area contributed by atoms with Gasteiger partial charge >= 0.3 is 0 Å². The Kier molecular flexibility index (Phi) is 6.56. The van der Waals surface area contributed by atoms with Gasteiger partial charge in [-0.3, -0.25) is 9.59 Å². The van der Waals surface area contributed by atoms with Crippen molar-refractivity contribution in [2.75, 3.05) is 18.4 Å². The topological polar surface area (TPSA) is 70.2 Å². The van der Waals surface area contributed by atoms with Gasteiger partial charge in [0.1, 0.15) is 0 Å². The lowest BCUT2D eigenvalue weighted by molar-refractivity contribution is -0.127. The molecule has 2 aromatic rings. The SMILES string of the molecule is CC(NC(=O)C1CNC1)c1cccc(NC(=O)c2ccccc2)c1.Cl. The molecule has 25 heavy (non-hydrogen) atoms. The molecule has 0 saturated carbocycles. The molecule has 0 aliphatic carbocycles. The number of carbonyl (C=O) groups is 2. The largest absolute Gasteiger partial charge is 0.349 e. The van der Waals surface area contributed by atoms with Crippen molar-refractivity contribution < 1.29 is 9.59 Å². The highest BCUT2D eigenvalue weighted by atomic mass is 35.5. The van der Waals surface area contributed by atoms with Crippen molar-refractivity contribution in [3.63, 3.8) is 0 Å². The van der Waals surface area contributed by atoms with Crippen molar-refractivity contribution in [3.05, 3.63) is 65.7 Å². The van der Waals surface area contributed by atoms with Crippen LogP contribution in [-0.2, 0) is 4.79 Å². The van der Waals surface area contributed by atoms with Crippen LogP contribution >= 0.6 is 12.4 Å². The molecule has 1 unspecified atom stereocenters. The third-order valence-electron chi connectivity index (χ3n) is 4.19. The maximum atomic E-state index is 12.2. The molecule has 2 aromatic carbocycles. The van der Waals surface area contributed by atoms with Crippen molar-refractivity contribution in [1.82, 2.24) is 10.6 Å². The Bertz CT molecular complexity index is 732. The first-order valence-electron chi connectivity index (χ1n) is 8.11. The zero-order chi connectivity index (χ0) is 16.9. The van der Waals surface area contributed by atoms with Crippen LogP contribution in [0.1, 0.15) is 28.9 Å². The van der Waals surface area contributed by atoms with Crippen LogP contribution in [0.2, 0.25) is 0 Å². The highest BCUT2D eigenvalue weighted by Gasteiger charge is 2.25. The number of hydrogen-bond acceptors (Lipinski definition) is 3. The fraction of sp³-hybridized carbons (Fsp3) is 0.263. The molecular formula is C19H22ClN3O2. The van der Waals surface area contributed by atoms with Crippen LogP contribution < -0.4 is 16.0 Å². The lowest BCUT2D eigenvalue weighted by Crippen LogP contribution is -2.51. The van der Waals surface area contributed by atoms with Gasteiger partial charge in [-0.1, -0.05) is 30.3 Å². The number of halogens is 1. The molecule has 0 aromatic heterocycles. The zero-order valence-electron chi connectivity index (χ0n) is 14.0. The van der Waals surface area contributed by atoms with Crippen LogP contribution in [0.4, 0.5) is 5.69 Å². The van der Waals surface area contributed by atoms with E-state index in [9.17, 15) is 9.59 Å². The normalized spacial score (nSPS) is 14.6. The second-order valence-electron chi connectivity index (χ2n) is 6.03. The minimum absolute atomic E-state index is 0. The van der Waals surface area contributed by atoms with E-state index in [-0.39, 0.29) is 36.2 Å². The molecule has 6 heteroatoms. The van der Waals surface area contributed by atoms with E-state index in [0.717, 1.165) is 18.7 Å². The van der Waals surface area contributed by atoms with E-state index in [1.807, 2.05) is 49.4 Å². The minimum atomic E-state index is -0.148. The van der Waals surface area contributed by atoms with E-state index in [1.54, 1.807) is 12.1 Å². The predicted octanol–water partition coefficient (Wildman–Crippen LogP) is 2.76. The molecule has 1 aliphatic heterocycles. The Balaban J connectivity index is 0.00000225. The maximum absolute atomic E-state index is 12.2. The Hall–Kier alpha value is -2.37. The van der Waals surface area contributed by atoms with Crippen LogP contribution in [-0.4, -0.2) is 24.9 Å². The van der Waals surface area contributed by atoms with Crippen LogP contribution in [0.25, 0.3) is 0 Å². The van der Waals surface area contributed by atoms with Crippen molar-refractivity contribution in [2.24, 2.45) is 5.92 Å². The summed E-state index contributed by atoms with van der Waals surface area (Å²) in [5.74, 6) is -0.0154. The monoisotopic (exact) mass is 359 g/mol. The number of hydrogen-bond donors (Lipinski definition) is 3. The fourth-order valence-electron chi connectivity index (χ4n) is 2.57. The van der Waals surface area contributed by atoms with Gasteiger partial charge in [-0.05, 0) is 36.8 Å². The second kappa shape index (κ2) is 8.65. The molecule has 0 radical (unpaired) electrons. The van der Waals surface area contributed by atoms with Crippen LogP contribution in [0.5, 0.6) is 0 Å². The molecule has 3 N–H and O–H groups in total. The van der Waals surface area contributed by atoms with Gasteiger partial charge in [0, 0.05) is 24.3 Å². The van der Waals surface area contributed by atoms with E-state index < -0.39 is 0 Å². The number of rotatable bonds is 5. The molecule has 0 spiro atoms. The summed E-state index contributed by atoms with van der Waals surface area (Å²) in [7, 11) is 0. The first-order valence-corrected chi connectivity index (χ1v) is 8.11. The van der Waals surface area contributed by atoms with Gasteiger partial charge in [0.15, 0.2) is 0 Å². The summed E-state index contributed by atoms with van der Waals surface area (Å²) in [6, 6.07) is 16.5. The van der Waals surface area contributed by atoms with E-state index in [2.05, 4.69) is 16.0 Å². The van der Waals surface area contributed by atoms with E-state index >= 15 is 0 Å². The average Bonchev–Trinajstić information content (AvgIpc) is 2.54. The molecule has 1 fully saturated rings. The summed E-state index contributed by atoms with van der Waals surface area (Å²) < 4.78 is 0. The average molecular weight is 360 g/mol. The number of carbonyl (C=O) groups excluding carboxylic acids is 2. The van der Waals surface area contributed by atoms with Crippen LogP contribution in [0.3, 0.4) is 0 Å². The van der Waals surface area contributed by atoms with Crippen molar-refractivity contribution in [1.29, 1.82) is 0 Å². The molecule has 2 amide bonds. The highest BCUT2D eigenvalue weighted by Crippen LogP contribution is 2.19. The first-order chi connectivity index (χ1) is 11.6. The number of amides is 2. The Morgan fingerprint density at radius 3 is 2.44 bits per heavy atom. The molecule has 3 rings (SSSR count). The standard InChI is InChI=1S/C19H21N3O2.ClH/c1-13(21-19(24)16-11-20-12-16)15-8-5-9-17(10-15)22-18(23)14-6-3-2-4-7-14;/h2-10,13,16,20H,11-12H2,1H3,(H,21,24)(H,22,23);1H. The second-order valence-corrected chi connectivity index (χ2v) is 6.03. The summed E-state index contributed by atoms with van der Waals surface area (Å²) >= 11 is 0. The van der Waals surface area contributed by atoms with Crippen LogP contribution in [0.15, 0.2) is 54.6 Å². The fourth-order valence-corrected chi connectivity index (χ4v) is 2.57. The third kappa shape index (κ3) is 4.81. The van der Waals surface area contributed by atoms with Gasteiger partial charge < -0.3 is 16.0 Å². The first kappa shape index (κ1) is 19.0. The molecule has 132 valence electrons. The Morgan fingerprint density at radius 1 is 1.08 bits per heavy atom. The number of nitrogens with one attached hydrogen (secondary N) is 3. The zero-order valence-corrected chi connectivity index (χ0v) is 14.8.